The Balaban J connectivity index is 2.61. The highest BCUT2D eigenvalue weighted by Crippen LogP contribution is 2.30. The molecule has 0 aromatic heterocycles. The van der Waals surface area contributed by atoms with Gasteiger partial charge in [-0.25, -0.2) is 0 Å². The summed E-state index contributed by atoms with van der Waals surface area (Å²) in [6, 6.07) is 0.647. The second-order valence-electron chi connectivity index (χ2n) is 4.66. The zero-order valence-electron chi connectivity index (χ0n) is 10.4. The Kier molecular flexibility index (Phi) is 5.03. The monoisotopic (exact) mass is 214 g/mol. The highest BCUT2D eigenvalue weighted by molar-refractivity contribution is 4.95. The van der Waals surface area contributed by atoms with Gasteiger partial charge in [0.15, 0.2) is 0 Å². The molecular weight excluding hydrogens is 188 g/mol. The minimum atomic E-state index is -0.0223. The van der Waals surface area contributed by atoms with Crippen LogP contribution in [-0.4, -0.2) is 48.3 Å². The molecule has 2 unspecified atom stereocenters. The van der Waals surface area contributed by atoms with Gasteiger partial charge in [-0.2, -0.15) is 0 Å². The topological polar surface area (TPSA) is 35.5 Å². The lowest BCUT2D eigenvalue weighted by molar-refractivity contribution is 0.0683. The van der Waals surface area contributed by atoms with Crippen molar-refractivity contribution in [3.63, 3.8) is 0 Å². The molecule has 0 radical (unpaired) electrons. The van der Waals surface area contributed by atoms with Crippen molar-refractivity contribution in [3.8, 4) is 0 Å². The Bertz CT molecular complexity index is 176. The first-order chi connectivity index (χ1) is 7.21. The smallest absolute Gasteiger partial charge is 0.0613 e. The van der Waals surface area contributed by atoms with Crippen LogP contribution < -0.4 is 5.32 Å². The fraction of sp³-hybridized carbons (Fsp3) is 1.00. The summed E-state index contributed by atoms with van der Waals surface area (Å²) >= 11 is 0. The minimum absolute atomic E-state index is 0.0223. The fourth-order valence-corrected chi connectivity index (χ4v) is 2.83. The molecule has 0 aliphatic heterocycles. The van der Waals surface area contributed by atoms with Gasteiger partial charge in [0.1, 0.15) is 0 Å². The van der Waals surface area contributed by atoms with Crippen molar-refractivity contribution >= 4 is 0 Å². The molecule has 0 amide bonds. The Morgan fingerprint density at radius 1 is 1.40 bits per heavy atom. The third kappa shape index (κ3) is 2.92. The van der Waals surface area contributed by atoms with E-state index in [0.717, 1.165) is 25.9 Å². The molecule has 0 bridgehead atoms. The van der Waals surface area contributed by atoms with Gasteiger partial charge in [0.25, 0.3) is 0 Å². The van der Waals surface area contributed by atoms with E-state index in [1.165, 1.54) is 12.8 Å². The van der Waals surface area contributed by atoms with E-state index < -0.39 is 0 Å². The van der Waals surface area contributed by atoms with Crippen LogP contribution in [0.4, 0.5) is 0 Å². The van der Waals surface area contributed by atoms with E-state index in [1.54, 1.807) is 0 Å². The number of nitrogens with zero attached hydrogens (tertiary/aromatic N) is 1. The summed E-state index contributed by atoms with van der Waals surface area (Å²) in [6.07, 6.45) is 4.70. The van der Waals surface area contributed by atoms with Crippen LogP contribution in [0.1, 0.15) is 39.5 Å². The predicted octanol–water partition coefficient (Wildman–Crippen LogP) is 1.22. The van der Waals surface area contributed by atoms with Crippen molar-refractivity contribution in [1.29, 1.82) is 0 Å². The summed E-state index contributed by atoms with van der Waals surface area (Å²) in [4.78, 5) is 2.51. The molecule has 1 aliphatic rings. The minimum Gasteiger partial charge on any atom is -0.394 e. The maximum atomic E-state index is 9.51. The van der Waals surface area contributed by atoms with Gasteiger partial charge in [-0.05, 0) is 45.8 Å². The molecule has 1 fully saturated rings. The van der Waals surface area contributed by atoms with Gasteiger partial charge in [0.05, 0.1) is 6.61 Å². The van der Waals surface area contributed by atoms with Crippen LogP contribution in [-0.2, 0) is 0 Å². The van der Waals surface area contributed by atoms with Gasteiger partial charge in [-0.1, -0.05) is 13.8 Å². The fourth-order valence-electron chi connectivity index (χ4n) is 2.83. The quantitative estimate of drug-likeness (QED) is 0.722. The van der Waals surface area contributed by atoms with E-state index >= 15 is 0 Å². The SMILES string of the molecule is CCN(CC)C1CCCC(CO)(NC)C1. The summed E-state index contributed by atoms with van der Waals surface area (Å²) in [7, 11) is 1.97. The van der Waals surface area contributed by atoms with Crippen molar-refractivity contribution in [1.82, 2.24) is 10.2 Å². The molecule has 0 saturated heterocycles. The maximum absolute atomic E-state index is 9.51. The van der Waals surface area contributed by atoms with Gasteiger partial charge in [-0.3, -0.25) is 0 Å². The first-order valence-corrected chi connectivity index (χ1v) is 6.25. The summed E-state index contributed by atoms with van der Waals surface area (Å²) in [6.45, 7) is 6.94. The summed E-state index contributed by atoms with van der Waals surface area (Å²) < 4.78 is 0. The molecule has 1 rings (SSSR count). The first kappa shape index (κ1) is 12.9. The number of hydrogen-bond donors (Lipinski definition) is 2. The number of aliphatic hydroxyl groups excluding tert-OH is 1. The second kappa shape index (κ2) is 5.83. The molecule has 1 aliphatic carbocycles. The van der Waals surface area contributed by atoms with Crippen LogP contribution in [0, 0.1) is 0 Å². The first-order valence-electron chi connectivity index (χ1n) is 6.25. The molecule has 2 N–H and O–H groups in total. The average Bonchev–Trinajstić information content (AvgIpc) is 2.31. The lowest BCUT2D eigenvalue weighted by Gasteiger charge is -2.43. The lowest BCUT2D eigenvalue weighted by Crippen LogP contribution is -2.54. The summed E-state index contributed by atoms with van der Waals surface area (Å²) in [5.41, 5.74) is -0.0223. The molecule has 3 nitrogen and oxygen atoms in total. The van der Waals surface area contributed by atoms with E-state index in [9.17, 15) is 5.11 Å². The van der Waals surface area contributed by atoms with Gasteiger partial charge in [-0.15, -0.1) is 0 Å². The summed E-state index contributed by atoms with van der Waals surface area (Å²) in [5, 5.41) is 12.8. The number of nitrogens with one attached hydrogen (secondary N) is 1. The average molecular weight is 214 g/mol. The maximum Gasteiger partial charge on any atom is 0.0613 e. The molecule has 1 saturated carbocycles. The van der Waals surface area contributed by atoms with Crippen LogP contribution >= 0.6 is 0 Å². The Morgan fingerprint density at radius 2 is 2.07 bits per heavy atom. The van der Waals surface area contributed by atoms with E-state index in [-0.39, 0.29) is 12.1 Å². The van der Waals surface area contributed by atoms with Gasteiger partial charge < -0.3 is 15.3 Å². The number of likely N-dealkylation sites (N-methyl/N-ethyl adjacent to an activating group) is 1. The normalized spacial score (nSPS) is 32.2. The zero-order valence-corrected chi connectivity index (χ0v) is 10.4. The molecule has 0 aromatic carbocycles. The predicted molar refractivity (Wildman–Crippen MR) is 64.1 cm³/mol. The molecule has 90 valence electrons. The zero-order chi connectivity index (χ0) is 11.3. The molecule has 0 spiro atoms. The van der Waals surface area contributed by atoms with E-state index in [2.05, 4.69) is 24.1 Å². The molecule has 15 heavy (non-hydrogen) atoms. The molecule has 3 heteroatoms. The summed E-state index contributed by atoms with van der Waals surface area (Å²) in [5.74, 6) is 0. The van der Waals surface area contributed by atoms with Crippen LogP contribution in [0.25, 0.3) is 0 Å². The van der Waals surface area contributed by atoms with E-state index in [1.807, 2.05) is 7.05 Å². The molecular formula is C12H26N2O. The number of rotatable bonds is 5. The number of aliphatic hydroxyl groups is 1. The Labute approximate surface area is 93.9 Å². The van der Waals surface area contributed by atoms with E-state index in [0.29, 0.717) is 6.04 Å². The van der Waals surface area contributed by atoms with Gasteiger partial charge >= 0.3 is 0 Å². The largest absolute Gasteiger partial charge is 0.394 e. The molecule has 0 aromatic rings. The standard InChI is InChI=1S/C12H26N2O/c1-4-14(5-2)11-7-6-8-12(9-11,10-15)13-3/h11,13,15H,4-10H2,1-3H3. The Morgan fingerprint density at radius 3 is 2.53 bits per heavy atom. The van der Waals surface area contributed by atoms with Crippen molar-refractivity contribution in [2.24, 2.45) is 0 Å². The molecule has 0 heterocycles. The van der Waals surface area contributed by atoms with Crippen LogP contribution in [0.2, 0.25) is 0 Å². The highest BCUT2D eigenvalue weighted by atomic mass is 16.3. The van der Waals surface area contributed by atoms with Gasteiger partial charge in [0.2, 0.25) is 0 Å². The van der Waals surface area contributed by atoms with Crippen molar-refractivity contribution in [2.45, 2.75) is 51.1 Å². The highest BCUT2D eigenvalue weighted by Gasteiger charge is 2.35. The Hall–Kier alpha value is -0.120. The second-order valence-corrected chi connectivity index (χ2v) is 4.66. The van der Waals surface area contributed by atoms with Gasteiger partial charge in [0, 0.05) is 11.6 Å². The third-order valence-corrected chi connectivity index (χ3v) is 3.98. The molecule has 2 atom stereocenters. The van der Waals surface area contributed by atoms with E-state index in [4.69, 9.17) is 0 Å². The number of hydrogen-bond acceptors (Lipinski definition) is 3. The van der Waals surface area contributed by atoms with Crippen molar-refractivity contribution in [3.05, 3.63) is 0 Å². The van der Waals surface area contributed by atoms with Crippen molar-refractivity contribution in [2.75, 3.05) is 26.7 Å². The lowest BCUT2D eigenvalue weighted by atomic mass is 9.79. The van der Waals surface area contributed by atoms with Crippen LogP contribution in [0.5, 0.6) is 0 Å². The van der Waals surface area contributed by atoms with Crippen LogP contribution in [0.3, 0.4) is 0 Å². The van der Waals surface area contributed by atoms with Crippen molar-refractivity contribution < 1.29 is 5.11 Å². The third-order valence-electron chi connectivity index (χ3n) is 3.98. The van der Waals surface area contributed by atoms with Crippen LogP contribution in [0.15, 0.2) is 0 Å².